The molecule has 1 fully saturated rings. The van der Waals surface area contributed by atoms with E-state index in [0.717, 1.165) is 31.5 Å². The third-order valence-corrected chi connectivity index (χ3v) is 3.97. The number of aryl methyl sites for hydroxylation is 1. The van der Waals surface area contributed by atoms with Crippen LogP contribution in [-0.2, 0) is 6.42 Å². The quantitative estimate of drug-likeness (QED) is 0.774. The second-order valence-electron chi connectivity index (χ2n) is 5.73. The summed E-state index contributed by atoms with van der Waals surface area (Å²) in [5.41, 5.74) is 2.17. The third-order valence-electron chi connectivity index (χ3n) is 3.97. The lowest BCUT2D eigenvalue weighted by Crippen LogP contribution is -2.26. The van der Waals surface area contributed by atoms with Crippen molar-refractivity contribution >= 4 is 5.91 Å². The summed E-state index contributed by atoms with van der Waals surface area (Å²) in [7, 11) is 0. The lowest BCUT2D eigenvalue weighted by molar-refractivity contribution is 0.0943. The number of hydrogen-bond donors (Lipinski definition) is 1. The van der Waals surface area contributed by atoms with Gasteiger partial charge in [-0.15, -0.1) is 0 Å². The Morgan fingerprint density at radius 1 is 1.10 bits per heavy atom. The fourth-order valence-corrected chi connectivity index (χ4v) is 2.65. The van der Waals surface area contributed by atoms with Gasteiger partial charge in [0.25, 0.3) is 5.91 Å². The van der Waals surface area contributed by atoms with E-state index in [1.807, 2.05) is 24.4 Å². The maximum atomic E-state index is 12.2. The van der Waals surface area contributed by atoms with E-state index >= 15 is 0 Å². The number of nitrogens with one attached hydrogen (secondary N) is 1. The third kappa shape index (κ3) is 3.75. The molecule has 3 nitrogen and oxygen atoms in total. The first-order valence-corrected chi connectivity index (χ1v) is 7.83. The summed E-state index contributed by atoms with van der Waals surface area (Å²) in [6.07, 6.45) is 7.62. The number of amides is 1. The van der Waals surface area contributed by atoms with Crippen molar-refractivity contribution in [3.63, 3.8) is 0 Å². The second kappa shape index (κ2) is 6.61. The van der Waals surface area contributed by atoms with Crippen LogP contribution in [0.1, 0.15) is 47.8 Å². The molecule has 3 rings (SSSR count). The van der Waals surface area contributed by atoms with Gasteiger partial charge in [0.1, 0.15) is 5.69 Å². The lowest BCUT2D eigenvalue weighted by atomic mass is 10.1. The van der Waals surface area contributed by atoms with E-state index in [4.69, 9.17) is 0 Å². The molecule has 1 aliphatic rings. The fourth-order valence-electron chi connectivity index (χ4n) is 2.65. The summed E-state index contributed by atoms with van der Waals surface area (Å²) in [5.74, 6) is 0.0617. The minimum atomic E-state index is 0.0617. The minimum absolute atomic E-state index is 0.0617. The van der Waals surface area contributed by atoms with E-state index in [9.17, 15) is 4.79 Å². The van der Waals surface area contributed by atoms with Crippen LogP contribution in [-0.4, -0.2) is 17.0 Å². The van der Waals surface area contributed by atoms with Crippen LogP contribution < -0.4 is 5.32 Å². The van der Waals surface area contributed by atoms with Gasteiger partial charge in [0, 0.05) is 18.8 Å². The smallest absolute Gasteiger partial charge is 0.267 e. The maximum absolute atomic E-state index is 12.2. The van der Waals surface area contributed by atoms with Crippen molar-refractivity contribution in [1.82, 2.24) is 9.88 Å². The zero-order chi connectivity index (χ0) is 14.5. The molecule has 2 aromatic rings. The van der Waals surface area contributed by atoms with Crippen LogP contribution in [0.4, 0.5) is 0 Å². The topological polar surface area (TPSA) is 34.0 Å². The van der Waals surface area contributed by atoms with Gasteiger partial charge in [0.15, 0.2) is 0 Å². The fraction of sp³-hybridized carbons (Fsp3) is 0.389. The van der Waals surface area contributed by atoms with Gasteiger partial charge in [-0.25, -0.2) is 0 Å². The molecular weight excluding hydrogens is 260 g/mol. The molecule has 0 saturated heterocycles. The molecule has 1 heterocycles. The van der Waals surface area contributed by atoms with Crippen molar-refractivity contribution in [3.05, 3.63) is 59.9 Å². The van der Waals surface area contributed by atoms with Gasteiger partial charge in [-0.05, 0) is 49.8 Å². The zero-order valence-corrected chi connectivity index (χ0v) is 12.3. The number of carbonyl (C=O) groups excluding carboxylic acids is 1. The summed E-state index contributed by atoms with van der Waals surface area (Å²) in [5, 5.41) is 3.03. The van der Waals surface area contributed by atoms with Crippen molar-refractivity contribution in [2.75, 3.05) is 6.54 Å². The van der Waals surface area contributed by atoms with Crippen LogP contribution in [0, 0.1) is 0 Å². The Kier molecular flexibility index (Phi) is 4.39. The highest BCUT2D eigenvalue weighted by atomic mass is 16.1. The average molecular weight is 282 g/mol. The van der Waals surface area contributed by atoms with Crippen molar-refractivity contribution < 1.29 is 4.79 Å². The van der Waals surface area contributed by atoms with Crippen LogP contribution in [0.3, 0.4) is 0 Å². The SMILES string of the molecule is O=C(NCCCCc1ccccc1)c1cccn1C1CC1. The predicted molar refractivity (Wildman–Crippen MR) is 84.4 cm³/mol. The maximum Gasteiger partial charge on any atom is 0.267 e. The van der Waals surface area contributed by atoms with Gasteiger partial charge in [0.2, 0.25) is 0 Å². The van der Waals surface area contributed by atoms with E-state index in [0.29, 0.717) is 6.04 Å². The predicted octanol–water partition coefficient (Wildman–Crippen LogP) is 3.58. The number of rotatable bonds is 7. The van der Waals surface area contributed by atoms with Crippen molar-refractivity contribution in [2.24, 2.45) is 0 Å². The summed E-state index contributed by atoms with van der Waals surface area (Å²) < 4.78 is 2.11. The standard InChI is InChI=1S/C18H22N2O/c21-18(17-10-6-14-20(17)16-11-12-16)19-13-5-4-9-15-7-2-1-3-8-15/h1-3,6-8,10,14,16H,4-5,9,11-13H2,(H,19,21). The van der Waals surface area contributed by atoms with E-state index in [1.165, 1.54) is 18.4 Å². The van der Waals surface area contributed by atoms with E-state index in [1.54, 1.807) is 0 Å². The number of carbonyl (C=O) groups is 1. The molecule has 3 heteroatoms. The molecule has 0 unspecified atom stereocenters. The molecule has 1 N–H and O–H groups in total. The molecular formula is C18H22N2O. The Bertz CT molecular complexity index is 584. The molecule has 0 atom stereocenters. The Hall–Kier alpha value is -2.03. The van der Waals surface area contributed by atoms with Crippen molar-refractivity contribution in [2.45, 2.75) is 38.1 Å². The van der Waals surface area contributed by atoms with Crippen LogP contribution >= 0.6 is 0 Å². The molecule has 21 heavy (non-hydrogen) atoms. The number of aromatic nitrogens is 1. The highest BCUT2D eigenvalue weighted by Crippen LogP contribution is 2.35. The van der Waals surface area contributed by atoms with Crippen LogP contribution in [0.5, 0.6) is 0 Å². The number of unbranched alkanes of at least 4 members (excludes halogenated alkanes) is 1. The van der Waals surface area contributed by atoms with Gasteiger partial charge in [0.05, 0.1) is 0 Å². The summed E-state index contributed by atoms with van der Waals surface area (Å²) in [6.45, 7) is 0.752. The molecule has 1 aliphatic carbocycles. The normalized spacial score (nSPS) is 14.1. The first-order valence-electron chi connectivity index (χ1n) is 7.83. The molecule has 0 bridgehead atoms. The van der Waals surface area contributed by atoms with E-state index in [-0.39, 0.29) is 5.91 Å². The molecule has 1 aromatic carbocycles. The molecule has 0 aliphatic heterocycles. The highest BCUT2D eigenvalue weighted by molar-refractivity contribution is 5.92. The largest absolute Gasteiger partial charge is 0.351 e. The number of benzene rings is 1. The average Bonchev–Trinajstić information content (AvgIpc) is 3.24. The molecule has 1 saturated carbocycles. The Morgan fingerprint density at radius 3 is 2.67 bits per heavy atom. The molecule has 0 spiro atoms. The van der Waals surface area contributed by atoms with Crippen LogP contribution in [0.25, 0.3) is 0 Å². The summed E-state index contributed by atoms with van der Waals surface area (Å²) in [6, 6.07) is 14.9. The van der Waals surface area contributed by atoms with Crippen LogP contribution in [0.2, 0.25) is 0 Å². The molecule has 1 amide bonds. The van der Waals surface area contributed by atoms with Gasteiger partial charge in [-0.3, -0.25) is 4.79 Å². The van der Waals surface area contributed by atoms with Crippen LogP contribution in [0.15, 0.2) is 48.7 Å². The summed E-state index contributed by atoms with van der Waals surface area (Å²) >= 11 is 0. The van der Waals surface area contributed by atoms with Gasteiger partial charge in [-0.2, -0.15) is 0 Å². The van der Waals surface area contributed by atoms with Gasteiger partial charge < -0.3 is 9.88 Å². The van der Waals surface area contributed by atoms with E-state index in [2.05, 4.69) is 34.1 Å². The Labute approximate surface area is 126 Å². The monoisotopic (exact) mass is 282 g/mol. The Morgan fingerprint density at radius 2 is 1.90 bits per heavy atom. The molecule has 1 aromatic heterocycles. The molecule has 110 valence electrons. The molecule has 0 radical (unpaired) electrons. The zero-order valence-electron chi connectivity index (χ0n) is 12.3. The first-order chi connectivity index (χ1) is 10.3. The number of nitrogens with zero attached hydrogens (tertiary/aromatic N) is 1. The van der Waals surface area contributed by atoms with Gasteiger partial charge in [-0.1, -0.05) is 30.3 Å². The highest BCUT2D eigenvalue weighted by Gasteiger charge is 2.26. The van der Waals surface area contributed by atoms with E-state index < -0.39 is 0 Å². The minimum Gasteiger partial charge on any atom is -0.351 e. The number of hydrogen-bond acceptors (Lipinski definition) is 1. The summed E-state index contributed by atoms with van der Waals surface area (Å²) in [4.78, 5) is 12.2. The second-order valence-corrected chi connectivity index (χ2v) is 5.73. The first kappa shape index (κ1) is 13.9. The Balaban J connectivity index is 1.39. The van der Waals surface area contributed by atoms with Gasteiger partial charge >= 0.3 is 0 Å². The lowest BCUT2D eigenvalue weighted by Gasteiger charge is -2.08. The van der Waals surface area contributed by atoms with Crippen molar-refractivity contribution in [3.8, 4) is 0 Å². The van der Waals surface area contributed by atoms with Crippen molar-refractivity contribution in [1.29, 1.82) is 0 Å².